The molecule has 232 valence electrons. The van der Waals surface area contributed by atoms with Crippen molar-refractivity contribution < 1.29 is 14.3 Å². The molecule has 0 aliphatic heterocycles. The number of nitrogens with zero attached hydrogens (tertiary/aromatic N) is 4. The first-order chi connectivity index (χ1) is 21.2. The molecule has 44 heavy (non-hydrogen) atoms. The first-order valence-electron chi connectivity index (χ1n) is 16.3. The molecular weight excluding hydrogens is 548 g/mol. The van der Waals surface area contributed by atoms with E-state index in [9.17, 15) is 4.79 Å². The summed E-state index contributed by atoms with van der Waals surface area (Å²) in [5.41, 5.74) is 7.52. The van der Waals surface area contributed by atoms with Crippen molar-refractivity contribution in [2.24, 2.45) is 11.8 Å². The zero-order valence-corrected chi connectivity index (χ0v) is 27.0. The van der Waals surface area contributed by atoms with Crippen LogP contribution in [0.5, 0.6) is 0 Å². The zero-order chi connectivity index (χ0) is 31.0. The van der Waals surface area contributed by atoms with E-state index in [1.807, 2.05) is 33.9 Å². The Morgan fingerprint density at radius 1 is 0.727 bits per heavy atom. The summed E-state index contributed by atoms with van der Waals surface area (Å²) in [6.45, 7) is 13.0. The van der Waals surface area contributed by atoms with E-state index in [4.69, 9.17) is 19.4 Å². The molecule has 2 aliphatic rings. The number of carbonyl (C=O) groups is 1. The molecule has 0 N–H and O–H groups in total. The van der Waals surface area contributed by atoms with Crippen LogP contribution in [0.15, 0.2) is 61.2 Å². The summed E-state index contributed by atoms with van der Waals surface area (Å²) in [6, 6.07) is 12.8. The number of aryl methyl sites for hydroxylation is 2. The van der Waals surface area contributed by atoms with E-state index in [0.717, 1.165) is 50.2 Å². The van der Waals surface area contributed by atoms with E-state index in [0.29, 0.717) is 11.8 Å². The molecule has 4 aromatic rings. The predicted molar refractivity (Wildman–Crippen MR) is 172 cm³/mol. The summed E-state index contributed by atoms with van der Waals surface area (Å²) < 4.78 is 16.5. The van der Waals surface area contributed by atoms with Gasteiger partial charge in [0.15, 0.2) is 12.5 Å². The summed E-state index contributed by atoms with van der Waals surface area (Å²) in [5.74, 6) is 2.97. The monoisotopic (exact) mass is 594 g/mol. The molecule has 2 heterocycles. The van der Waals surface area contributed by atoms with Gasteiger partial charge in [-0.1, -0.05) is 50.2 Å². The quantitative estimate of drug-likeness (QED) is 0.153. The number of imidazole rings is 2. The minimum Gasteiger partial charge on any atom is -0.410 e. The number of rotatable bonds is 12. The molecule has 7 nitrogen and oxygen atoms in total. The molecule has 2 saturated carbocycles. The molecule has 2 fully saturated rings. The maximum Gasteiger partial charge on any atom is 0.512 e. The fourth-order valence-corrected chi connectivity index (χ4v) is 6.54. The Morgan fingerprint density at radius 3 is 1.52 bits per heavy atom. The van der Waals surface area contributed by atoms with Crippen LogP contribution in [0.1, 0.15) is 122 Å². The molecule has 4 unspecified atom stereocenters. The molecule has 0 amide bonds. The normalized spacial score (nSPS) is 17.6. The standard InChI is InChI=1S/C37H46N4O3/c1-23-9-7-11-31(25(23)3)27(5)35-38-17-19-40(35)33(21-29-13-14-29)43-37(42)44-34(22-30-15-16-30)41-20-18-39-36(41)28(6)32-12-8-10-24(2)26(32)4/h7-12,17-20,27-30,33-34H,13-16,21-22H2,1-6H3. The van der Waals surface area contributed by atoms with Gasteiger partial charge < -0.3 is 9.47 Å². The van der Waals surface area contributed by atoms with Crippen LogP contribution in [0.25, 0.3) is 0 Å². The maximum atomic E-state index is 13.6. The molecular formula is C37H46N4O3. The van der Waals surface area contributed by atoms with Crippen molar-refractivity contribution in [1.29, 1.82) is 0 Å². The second kappa shape index (κ2) is 12.6. The van der Waals surface area contributed by atoms with Gasteiger partial charge in [0.25, 0.3) is 0 Å². The van der Waals surface area contributed by atoms with Crippen molar-refractivity contribution in [3.05, 3.63) is 106 Å². The Hall–Kier alpha value is -3.87. The Morgan fingerprint density at radius 2 is 1.14 bits per heavy atom. The first-order valence-corrected chi connectivity index (χ1v) is 16.3. The lowest BCUT2D eigenvalue weighted by Crippen LogP contribution is -2.25. The molecule has 0 bridgehead atoms. The number of aromatic nitrogens is 4. The van der Waals surface area contributed by atoms with Crippen LogP contribution in [-0.4, -0.2) is 25.3 Å². The molecule has 2 aliphatic carbocycles. The average Bonchev–Trinajstić information content (AvgIpc) is 3.90. The highest BCUT2D eigenvalue weighted by Gasteiger charge is 2.34. The van der Waals surface area contributed by atoms with Crippen LogP contribution >= 0.6 is 0 Å². The van der Waals surface area contributed by atoms with Crippen LogP contribution in [-0.2, 0) is 9.47 Å². The van der Waals surface area contributed by atoms with E-state index in [2.05, 4.69) is 77.9 Å². The number of hydrogen-bond donors (Lipinski definition) is 0. The van der Waals surface area contributed by atoms with E-state index < -0.39 is 18.6 Å². The smallest absolute Gasteiger partial charge is 0.410 e. The van der Waals surface area contributed by atoms with Gasteiger partial charge in [0.1, 0.15) is 11.6 Å². The largest absolute Gasteiger partial charge is 0.512 e. The summed E-state index contributed by atoms with van der Waals surface area (Å²) in [7, 11) is 0. The third-order valence-corrected chi connectivity index (χ3v) is 9.95. The third-order valence-electron chi connectivity index (χ3n) is 9.95. The second-order valence-corrected chi connectivity index (χ2v) is 13.2. The fourth-order valence-electron chi connectivity index (χ4n) is 6.54. The lowest BCUT2D eigenvalue weighted by molar-refractivity contribution is -0.0509. The molecule has 2 aromatic carbocycles. The van der Waals surface area contributed by atoms with Gasteiger partial charge in [-0.05, 0) is 98.6 Å². The zero-order valence-electron chi connectivity index (χ0n) is 27.0. The highest BCUT2D eigenvalue weighted by Crippen LogP contribution is 2.41. The van der Waals surface area contributed by atoms with E-state index in [-0.39, 0.29) is 11.8 Å². The Labute approximate surface area is 261 Å². The Balaban J connectivity index is 1.24. The van der Waals surface area contributed by atoms with Crippen molar-refractivity contribution in [2.75, 3.05) is 0 Å². The molecule has 4 atom stereocenters. The highest BCUT2D eigenvalue weighted by molar-refractivity contribution is 5.60. The van der Waals surface area contributed by atoms with Gasteiger partial charge in [0.05, 0.1) is 0 Å². The lowest BCUT2D eigenvalue weighted by Gasteiger charge is -2.27. The SMILES string of the molecule is Cc1cccc(C(C)c2nccn2C(CC2CC2)OC(=O)OC(CC2CC2)n2ccnc2C(C)c2cccc(C)c2C)c1C. The summed E-state index contributed by atoms with van der Waals surface area (Å²) >= 11 is 0. The molecule has 7 heteroatoms. The topological polar surface area (TPSA) is 71.2 Å². The number of ether oxygens (including phenoxy) is 2. The number of benzene rings is 2. The Bertz CT molecular complexity index is 1490. The molecule has 0 radical (unpaired) electrons. The van der Waals surface area contributed by atoms with Crippen molar-refractivity contribution in [3.63, 3.8) is 0 Å². The fraction of sp³-hybridized carbons (Fsp3) is 0.486. The first kappa shape index (κ1) is 30.2. The van der Waals surface area contributed by atoms with Gasteiger partial charge in [-0.2, -0.15) is 0 Å². The van der Waals surface area contributed by atoms with Gasteiger partial charge in [-0.3, -0.25) is 9.13 Å². The minimum absolute atomic E-state index is 0.0499. The van der Waals surface area contributed by atoms with Gasteiger partial charge in [-0.15, -0.1) is 0 Å². The number of carbonyl (C=O) groups excluding carboxylic acids is 1. The van der Waals surface area contributed by atoms with E-state index >= 15 is 0 Å². The number of hydrogen-bond acceptors (Lipinski definition) is 5. The van der Waals surface area contributed by atoms with E-state index in [1.54, 1.807) is 0 Å². The lowest BCUT2D eigenvalue weighted by atomic mass is 9.93. The van der Waals surface area contributed by atoms with Crippen molar-refractivity contribution in [2.45, 2.75) is 104 Å². The third kappa shape index (κ3) is 6.47. The maximum absolute atomic E-state index is 13.6. The summed E-state index contributed by atoms with van der Waals surface area (Å²) in [5, 5.41) is 0. The summed E-state index contributed by atoms with van der Waals surface area (Å²) in [6.07, 6.45) is 12.1. The van der Waals surface area contributed by atoms with Crippen LogP contribution in [0.2, 0.25) is 0 Å². The van der Waals surface area contributed by atoms with Crippen LogP contribution in [0.3, 0.4) is 0 Å². The van der Waals surface area contributed by atoms with Crippen molar-refractivity contribution in [3.8, 4) is 0 Å². The van der Waals surface area contributed by atoms with Crippen molar-refractivity contribution >= 4 is 6.16 Å². The van der Waals surface area contributed by atoms with Crippen LogP contribution < -0.4 is 0 Å². The van der Waals surface area contributed by atoms with Gasteiger partial charge in [0, 0.05) is 49.5 Å². The Kier molecular flexibility index (Phi) is 8.66. The molecule has 0 spiro atoms. The van der Waals surface area contributed by atoms with Crippen molar-refractivity contribution in [1.82, 2.24) is 19.1 Å². The molecule has 2 aromatic heterocycles. The second-order valence-electron chi connectivity index (χ2n) is 13.2. The van der Waals surface area contributed by atoms with Gasteiger partial charge in [0.2, 0.25) is 0 Å². The summed E-state index contributed by atoms with van der Waals surface area (Å²) in [4.78, 5) is 23.2. The minimum atomic E-state index is -0.639. The molecule has 0 saturated heterocycles. The molecule has 6 rings (SSSR count). The van der Waals surface area contributed by atoms with Gasteiger partial charge >= 0.3 is 6.16 Å². The predicted octanol–water partition coefficient (Wildman–Crippen LogP) is 9.07. The van der Waals surface area contributed by atoms with E-state index in [1.165, 1.54) is 33.4 Å². The van der Waals surface area contributed by atoms with Crippen LogP contribution in [0, 0.1) is 39.5 Å². The highest BCUT2D eigenvalue weighted by atomic mass is 16.7. The van der Waals surface area contributed by atoms with Gasteiger partial charge in [-0.25, -0.2) is 14.8 Å². The van der Waals surface area contributed by atoms with Crippen LogP contribution in [0.4, 0.5) is 4.79 Å². The average molecular weight is 595 g/mol.